The van der Waals surface area contributed by atoms with Crippen molar-refractivity contribution < 1.29 is 18.7 Å². The van der Waals surface area contributed by atoms with Crippen molar-refractivity contribution in [3.63, 3.8) is 0 Å². The highest BCUT2D eigenvalue weighted by Crippen LogP contribution is 2.40. The molecule has 0 aliphatic rings. The van der Waals surface area contributed by atoms with Gasteiger partial charge in [0.2, 0.25) is 5.75 Å². The molecule has 0 spiro atoms. The van der Waals surface area contributed by atoms with E-state index in [1.165, 1.54) is 217 Å². The summed E-state index contributed by atoms with van der Waals surface area (Å²) in [5.74, 6) is 2.63. The fraction of sp³-hybridized carbons (Fsp3) is 0.885. The van der Waals surface area contributed by atoms with Crippen LogP contribution in [-0.4, -0.2) is 45.4 Å². The lowest BCUT2D eigenvalue weighted by Gasteiger charge is -2.25. The summed E-state index contributed by atoms with van der Waals surface area (Å²) >= 11 is 0. The molecule has 0 aliphatic carbocycles. The molecule has 56 heavy (non-hydrogen) atoms. The molecule has 1 aromatic carbocycles. The third-order valence-corrected chi connectivity index (χ3v) is 11.5. The molecule has 4 nitrogen and oxygen atoms in total. The van der Waals surface area contributed by atoms with Gasteiger partial charge in [0.1, 0.15) is 6.54 Å². The average molecular weight is 787 g/mol. The van der Waals surface area contributed by atoms with Gasteiger partial charge in [0, 0.05) is 5.56 Å². The van der Waals surface area contributed by atoms with Gasteiger partial charge >= 0.3 is 0 Å². The van der Waals surface area contributed by atoms with Crippen molar-refractivity contribution in [3.8, 4) is 17.2 Å². The first-order valence-electron chi connectivity index (χ1n) is 25.3. The van der Waals surface area contributed by atoms with E-state index in [4.69, 9.17) is 14.2 Å². The van der Waals surface area contributed by atoms with Gasteiger partial charge in [-0.3, -0.25) is 0 Å². The normalized spacial score (nSPS) is 11.8. The van der Waals surface area contributed by atoms with Gasteiger partial charge in [0.15, 0.2) is 11.5 Å². The molecule has 1 aromatic rings. The second kappa shape index (κ2) is 39.1. The molecule has 0 aromatic heterocycles. The molecule has 0 heterocycles. The number of rotatable bonds is 44. The lowest BCUT2D eigenvalue weighted by molar-refractivity contribution is -0.884. The lowest BCUT2D eigenvalue weighted by Crippen LogP contribution is -2.33. The van der Waals surface area contributed by atoms with Crippen LogP contribution in [0.1, 0.15) is 257 Å². The van der Waals surface area contributed by atoms with Crippen molar-refractivity contribution >= 4 is 0 Å². The standard InChI is InChI=1S/C52H100NO3/c1-7-10-13-16-19-22-25-28-31-34-37-40-43-54-50-46-49(48-53(4,5)6)47-51(55-44-41-38-35-32-29-26-23-20-17-14-11-8-2)52(50)56-45-42-39-36-33-30-27-24-21-18-15-12-9-3/h46-47H,7-45,48H2,1-6H3/q+1. The van der Waals surface area contributed by atoms with E-state index >= 15 is 0 Å². The molecule has 1 rings (SSSR count). The molecule has 4 heteroatoms. The maximum absolute atomic E-state index is 6.62. The minimum atomic E-state index is 0.732. The molecule has 0 amide bonds. The molecular formula is C52H100NO3+. The number of nitrogens with zero attached hydrogens (tertiary/aromatic N) is 1. The van der Waals surface area contributed by atoms with Crippen molar-refractivity contribution in [2.24, 2.45) is 0 Å². The summed E-state index contributed by atoms with van der Waals surface area (Å²) in [6.07, 6.45) is 48.7. The van der Waals surface area contributed by atoms with Gasteiger partial charge in [-0.25, -0.2) is 0 Å². The Morgan fingerprint density at radius 1 is 0.321 bits per heavy atom. The molecule has 0 bridgehead atoms. The maximum atomic E-state index is 6.62. The maximum Gasteiger partial charge on any atom is 0.203 e. The molecule has 330 valence electrons. The minimum Gasteiger partial charge on any atom is -0.490 e. The Morgan fingerprint density at radius 3 is 0.804 bits per heavy atom. The van der Waals surface area contributed by atoms with Gasteiger partial charge in [-0.15, -0.1) is 0 Å². The summed E-state index contributed by atoms with van der Waals surface area (Å²) in [7, 11) is 6.79. The van der Waals surface area contributed by atoms with Crippen molar-refractivity contribution in [1.29, 1.82) is 0 Å². The zero-order valence-corrected chi connectivity index (χ0v) is 39.1. The highest BCUT2D eigenvalue weighted by molar-refractivity contribution is 5.54. The van der Waals surface area contributed by atoms with Crippen molar-refractivity contribution in [2.45, 2.75) is 258 Å². The molecule has 0 saturated heterocycles. The van der Waals surface area contributed by atoms with E-state index in [9.17, 15) is 0 Å². The van der Waals surface area contributed by atoms with E-state index in [0.717, 1.165) is 67.4 Å². The summed E-state index contributed by atoms with van der Waals surface area (Å²) in [6, 6.07) is 4.50. The fourth-order valence-electron chi connectivity index (χ4n) is 7.99. The van der Waals surface area contributed by atoms with Gasteiger partial charge in [0.05, 0.1) is 41.0 Å². The predicted molar refractivity (Wildman–Crippen MR) is 248 cm³/mol. The average Bonchev–Trinajstić information content (AvgIpc) is 3.17. The first kappa shape index (κ1) is 52.6. The SMILES string of the molecule is CCCCCCCCCCCCCCOc1cc(C[N+](C)(C)C)cc(OCCCCCCCCCCCCCC)c1OCCCCCCCCCCCCCC. The Hall–Kier alpha value is -1.42. The Morgan fingerprint density at radius 2 is 0.554 bits per heavy atom. The predicted octanol–water partition coefficient (Wildman–Crippen LogP) is 17.1. The number of hydrogen-bond donors (Lipinski definition) is 0. The molecular weight excluding hydrogens is 687 g/mol. The van der Waals surface area contributed by atoms with Crippen LogP contribution in [0.2, 0.25) is 0 Å². The van der Waals surface area contributed by atoms with Crippen LogP contribution < -0.4 is 14.2 Å². The van der Waals surface area contributed by atoms with Crippen LogP contribution in [0.4, 0.5) is 0 Å². The van der Waals surface area contributed by atoms with Crippen LogP contribution in [0, 0.1) is 0 Å². The topological polar surface area (TPSA) is 27.7 Å². The van der Waals surface area contributed by atoms with Gasteiger partial charge in [-0.05, 0) is 31.4 Å². The summed E-state index contributed by atoms with van der Waals surface area (Å²) in [6.45, 7) is 10.1. The molecule has 0 N–H and O–H groups in total. The summed E-state index contributed by atoms with van der Waals surface area (Å²) in [4.78, 5) is 0. The number of hydrogen-bond acceptors (Lipinski definition) is 3. The Kier molecular flexibility index (Phi) is 36.7. The van der Waals surface area contributed by atoms with Crippen LogP contribution in [0.15, 0.2) is 12.1 Å². The monoisotopic (exact) mass is 787 g/mol. The largest absolute Gasteiger partial charge is 0.490 e. The zero-order chi connectivity index (χ0) is 40.6. The van der Waals surface area contributed by atoms with Crippen molar-refractivity contribution in [1.82, 2.24) is 0 Å². The third kappa shape index (κ3) is 33.5. The lowest BCUT2D eigenvalue weighted by atomic mass is 10.1. The first-order chi connectivity index (χ1) is 27.4. The van der Waals surface area contributed by atoms with Crippen molar-refractivity contribution in [3.05, 3.63) is 17.7 Å². The van der Waals surface area contributed by atoms with E-state index in [0.29, 0.717) is 0 Å². The van der Waals surface area contributed by atoms with Gasteiger partial charge in [-0.2, -0.15) is 0 Å². The second-order valence-electron chi connectivity index (χ2n) is 18.6. The van der Waals surface area contributed by atoms with E-state index in [1.54, 1.807) is 0 Å². The highest BCUT2D eigenvalue weighted by Gasteiger charge is 2.19. The van der Waals surface area contributed by atoms with Gasteiger partial charge in [0.25, 0.3) is 0 Å². The Labute approximate surface area is 352 Å². The molecule has 0 radical (unpaired) electrons. The van der Waals surface area contributed by atoms with E-state index in [2.05, 4.69) is 54.0 Å². The minimum absolute atomic E-state index is 0.732. The van der Waals surface area contributed by atoms with Gasteiger partial charge < -0.3 is 18.7 Å². The number of benzene rings is 1. The zero-order valence-electron chi connectivity index (χ0n) is 39.1. The summed E-state index contributed by atoms with van der Waals surface area (Å²) < 4.78 is 20.7. The Balaban J connectivity index is 2.65. The third-order valence-electron chi connectivity index (χ3n) is 11.5. The van der Waals surface area contributed by atoms with E-state index in [-0.39, 0.29) is 0 Å². The smallest absolute Gasteiger partial charge is 0.203 e. The second-order valence-corrected chi connectivity index (χ2v) is 18.6. The highest BCUT2D eigenvalue weighted by atomic mass is 16.5. The summed E-state index contributed by atoms with van der Waals surface area (Å²) in [5, 5.41) is 0. The Bertz CT molecular complexity index is 905. The number of ether oxygens (including phenoxy) is 3. The molecule has 0 atom stereocenters. The molecule has 0 fully saturated rings. The van der Waals surface area contributed by atoms with Crippen LogP contribution in [0.5, 0.6) is 17.2 Å². The summed E-state index contributed by atoms with van der Waals surface area (Å²) in [5.41, 5.74) is 1.27. The number of unbranched alkanes of at least 4 members (excludes halogenated alkanes) is 33. The van der Waals surface area contributed by atoms with Crippen LogP contribution >= 0.6 is 0 Å². The number of quaternary nitrogens is 1. The van der Waals surface area contributed by atoms with E-state index < -0.39 is 0 Å². The van der Waals surface area contributed by atoms with E-state index in [1.807, 2.05) is 0 Å². The van der Waals surface area contributed by atoms with Crippen LogP contribution in [0.3, 0.4) is 0 Å². The quantitative estimate of drug-likeness (QED) is 0.0487. The van der Waals surface area contributed by atoms with Crippen LogP contribution in [-0.2, 0) is 6.54 Å². The van der Waals surface area contributed by atoms with Gasteiger partial charge in [-0.1, -0.05) is 233 Å². The van der Waals surface area contributed by atoms with Crippen molar-refractivity contribution in [2.75, 3.05) is 41.0 Å². The molecule has 0 saturated carbocycles. The first-order valence-corrected chi connectivity index (χ1v) is 25.3. The van der Waals surface area contributed by atoms with Crippen LogP contribution in [0.25, 0.3) is 0 Å². The molecule has 0 aliphatic heterocycles. The fourth-order valence-corrected chi connectivity index (χ4v) is 7.99. The molecule has 0 unspecified atom stereocenters.